The van der Waals surface area contributed by atoms with E-state index in [0.717, 1.165) is 0 Å². The molecule has 0 aromatic carbocycles. The summed E-state index contributed by atoms with van der Waals surface area (Å²) in [4.78, 5) is 28.8. The molecule has 1 heterocycles. The highest BCUT2D eigenvalue weighted by Gasteiger charge is 2.33. The Morgan fingerprint density at radius 3 is 2.16 bits per heavy atom. The second-order valence-corrected chi connectivity index (χ2v) is 8.28. The molecular weight excluding hydrogens is 318 g/mol. The van der Waals surface area contributed by atoms with Crippen molar-refractivity contribution in [1.82, 2.24) is 9.80 Å². The van der Waals surface area contributed by atoms with Crippen LogP contribution in [0.1, 0.15) is 41.5 Å². The monoisotopic (exact) mass is 353 g/mol. The normalized spacial score (nSPS) is 18.9. The van der Waals surface area contributed by atoms with Crippen LogP contribution in [0.2, 0.25) is 0 Å². The van der Waals surface area contributed by atoms with Crippen LogP contribution >= 0.6 is 0 Å². The minimum absolute atomic E-state index is 0.00918. The molecule has 6 heteroatoms. The van der Waals surface area contributed by atoms with E-state index < -0.39 is 6.04 Å². The van der Waals surface area contributed by atoms with Gasteiger partial charge in [0.15, 0.2) is 0 Å². The molecular formula is C19H35N3O3. The van der Waals surface area contributed by atoms with E-state index >= 15 is 0 Å². The zero-order valence-corrected chi connectivity index (χ0v) is 16.8. The van der Waals surface area contributed by atoms with E-state index in [4.69, 9.17) is 10.5 Å². The van der Waals surface area contributed by atoms with Gasteiger partial charge in [0, 0.05) is 25.7 Å². The summed E-state index contributed by atoms with van der Waals surface area (Å²) in [5.41, 5.74) is 6.49. The summed E-state index contributed by atoms with van der Waals surface area (Å²) in [5, 5.41) is 0. The predicted octanol–water partition coefficient (Wildman–Crippen LogP) is 1.65. The molecule has 1 saturated heterocycles. The zero-order valence-electron chi connectivity index (χ0n) is 16.8. The summed E-state index contributed by atoms with van der Waals surface area (Å²) in [6.45, 7) is 14.1. The van der Waals surface area contributed by atoms with Crippen molar-refractivity contribution in [2.24, 2.45) is 17.1 Å². The van der Waals surface area contributed by atoms with Gasteiger partial charge in [-0.3, -0.25) is 9.59 Å². The van der Waals surface area contributed by atoms with Crippen molar-refractivity contribution < 1.29 is 14.3 Å². The van der Waals surface area contributed by atoms with Gasteiger partial charge in [0.05, 0.1) is 25.3 Å². The second-order valence-electron chi connectivity index (χ2n) is 8.28. The number of carbonyl (C=O) groups is 2. The number of nitrogens with two attached hydrogens (primary N) is 1. The lowest BCUT2D eigenvalue weighted by Crippen LogP contribution is -2.52. The van der Waals surface area contributed by atoms with Gasteiger partial charge in [0.25, 0.3) is 0 Å². The first-order valence-electron chi connectivity index (χ1n) is 9.04. The summed E-state index contributed by atoms with van der Waals surface area (Å²) in [6, 6.07) is -0.756. The summed E-state index contributed by atoms with van der Waals surface area (Å²) >= 11 is 0. The molecule has 25 heavy (non-hydrogen) atoms. The fourth-order valence-corrected chi connectivity index (χ4v) is 2.83. The van der Waals surface area contributed by atoms with Crippen molar-refractivity contribution in [2.45, 2.75) is 53.6 Å². The molecule has 1 aliphatic rings. The Balaban J connectivity index is 2.94. The molecule has 0 saturated carbocycles. The average Bonchev–Trinajstić information content (AvgIpc) is 2.56. The maximum atomic E-state index is 12.7. The molecule has 0 aromatic rings. The number of morpholine rings is 1. The summed E-state index contributed by atoms with van der Waals surface area (Å²) in [5.74, 6) is 0.0811. The van der Waals surface area contributed by atoms with Gasteiger partial charge in [0.1, 0.15) is 0 Å². The number of rotatable bonds is 5. The van der Waals surface area contributed by atoms with Crippen LogP contribution in [-0.2, 0) is 14.3 Å². The molecule has 2 amide bonds. The lowest BCUT2D eigenvalue weighted by atomic mass is 9.86. The molecule has 1 aliphatic heterocycles. The summed E-state index contributed by atoms with van der Waals surface area (Å²) in [6.07, 6.45) is 1.90. The maximum Gasteiger partial charge on any atom is 0.249 e. The minimum Gasteiger partial charge on any atom is -0.378 e. The topological polar surface area (TPSA) is 75.9 Å². The van der Waals surface area contributed by atoms with Crippen LogP contribution in [0.4, 0.5) is 0 Å². The number of hydrogen-bond donors (Lipinski definition) is 1. The van der Waals surface area contributed by atoms with Crippen molar-refractivity contribution in [1.29, 1.82) is 0 Å². The van der Waals surface area contributed by atoms with Crippen molar-refractivity contribution in [3.63, 3.8) is 0 Å². The fraction of sp³-hybridized carbons (Fsp3) is 0.789. The molecule has 144 valence electrons. The number of ether oxygens (including phenoxy) is 1. The molecule has 1 rings (SSSR count). The molecule has 0 spiro atoms. The molecule has 1 fully saturated rings. The maximum absolute atomic E-state index is 12.7. The molecule has 0 radical (unpaired) electrons. The smallest absolute Gasteiger partial charge is 0.249 e. The number of carbonyl (C=O) groups excluding carboxylic acids is 2. The SMILES string of the molecule is C/C(=C\[C@H](C(C)C)N(C)C(=O)[C@@H](N)C(C)(C)C)C(=O)N1CCOCC1. The third-order valence-electron chi connectivity index (χ3n) is 4.73. The van der Waals surface area contributed by atoms with Crippen LogP contribution in [0, 0.1) is 11.3 Å². The van der Waals surface area contributed by atoms with E-state index in [-0.39, 0.29) is 29.2 Å². The molecule has 0 unspecified atom stereocenters. The van der Waals surface area contributed by atoms with E-state index in [9.17, 15) is 9.59 Å². The fourth-order valence-electron chi connectivity index (χ4n) is 2.83. The van der Waals surface area contributed by atoms with Gasteiger partial charge >= 0.3 is 0 Å². The quantitative estimate of drug-likeness (QED) is 0.763. The third-order valence-corrected chi connectivity index (χ3v) is 4.73. The van der Waals surface area contributed by atoms with Crippen LogP contribution in [-0.4, -0.2) is 67.0 Å². The van der Waals surface area contributed by atoms with Crippen LogP contribution in [0.5, 0.6) is 0 Å². The Kier molecular flexibility index (Phi) is 7.62. The van der Waals surface area contributed by atoms with Gasteiger partial charge < -0.3 is 20.3 Å². The van der Waals surface area contributed by atoms with E-state index in [2.05, 4.69) is 0 Å². The molecule has 0 aromatic heterocycles. The Bertz CT molecular complexity index is 503. The van der Waals surface area contributed by atoms with E-state index in [1.54, 1.807) is 16.8 Å². The highest BCUT2D eigenvalue weighted by atomic mass is 16.5. The Hall–Kier alpha value is -1.40. The third kappa shape index (κ3) is 5.82. The van der Waals surface area contributed by atoms with E-state index in [0.29, 0.717) is 31.9 Å². The van der Waals surface area contributed by atoms with Gasteiger partial charge in [-0.1, -0.05) is 40.7 Å². The largest absolute Gasteiger partial charge is 0.378 e. The summed E-state index contributed by atoms with van der Waals surface area (Å²) in [7, 11) is 1.77. The molecule has 2 N–H and O–H groups in total. The molecule has 2 atom stereocenters. The van der Waals surface area contributed by atoms with Crippen LogP contribution < -0.4 is 5.73 Å². The van der Waals surface area contributed by atoms with Crippen LogP contribution in [0.25, 0.3) is 0 Å². The standard InChI is InChI=1S/C19H35N3O3/c1-13(2)15(21(7)18(24)16(20)19(4,5)6)12-14(3)17(23)22-8-10-25-11-9-22/h12-13,15-16H,8-11,20H2,1-7H3/b14-12+/t15-,16-/m1/s1. The van der Waals surface area contributed by atoms with Gasteiger partial charge in [-0.05, 0) is 18.3 Å². The molecule has 0 bridgehead atoms. The van der Waals surface area contributed by atoms with Gasteiger partial charge in [-0.2, -0.15) is 0 Å². The second kappa shape index (κ2) is 8.81. The zero-order chi connectivity index (χ0) is 19.4. The molecule has 0 aliphatic carbocycles. The average molecular weight is 354 g/mol. The number of likely N-dealkylation sites (N-methyl/N-ethyl adjacent to an activating group) is 1. The Morgan fingerprint density at radius 1 is 1.20 bits per heavy atom. The first-order valence-corrected chi connectivity index (χ1v) is 9.04. The number of nitrogens with zero attached hydrogens (tertiary/aromatic N) is 2. The van der Waals surface area contributed by atoms with Gasteiger partial charge in [-0.25, -0.2) is 0 Å². The first kappa shape index (κ1) is 21.6. The highest BCUT2D eigenvalue weighted by molar-refractivity contribution is 5.93. The molecule has 6 nitrogen and oxygen atoms in total. The predicted molar refractivity (Wildman–Crippen MR) is 100.0 cm³/mol. The van der Waals surface area contributed by atoms with E-state index in [1.807, 2.05) is 47.6 Å². The first-order chi connectivity index (χ1) is 11.5. The van der Waals surface area contributed by atoms with Crippen LogP contribution in [0.3, 0.4) is 0 Å². The van der Waals surface area contributed by atoms with Crippen molar-refractivity contribution in [3.05, 3.63) is 11.6 Å². The lowest BCUT2D eigenvalue weighted by Gasteiger charge is -2.35. The number of amides is 2. The lowest BCUT2D eigenvalue weighted by molar-refractivity contribution is -0.136. The number of hydrogen-bond acceptors (Lipinski definition) is 4. The van der Waals surface area contributed by atoms with Crippen LogP contribution in [0.15, 0.2) is 11.6 Å². The highest BCUT2D eigenvalue weighted by Crippen LogP contribution is 2.22. The van der Waals surface area contributed by atoms with Crippen molar-refractivity contribution in [2.75, 3.05) is 33.4 Å². The Labute approximate surface area is 152 Å². The van der Waals surface area contributed by atoms with Gasteiger partial charge in [0.2, 0.25) is 11.8 Å². The van der Waals surface area contributed by atoms with Gasteiger partial charge in [-0.15, -0.1) is 0 Å². The summed E-state index contributed by atoms with van der Waals surface area (Å²) < 4.78 is 5.30. The van der Waals surface area contributed by atoms with Crippen molar-refractivity contribution >= 4 is 11.8 Å². The minimum atomic E-state index is -0.581. The van der Waals surface area contributed by atoms with E-state index in [1.165, 1.54) is 0 Å². The Morgan fingerprint density at radius 2 is 1.72 bits per heavy atom. The van der Waals surface area contributed by atoms with Crippen molar-refractivity contribution in [3.8, 4) is 0 Å².